The van der Waals surface area contributed by atoms with Crippen LogP contribution >= 0.6 is 0 Å². The molecular weight excluding hydrogens is 208 g/mol. The monoisotopic (exact) mass is 222 g/mol. The molecule has 0 aliphatic heterocycles. The van der Waals surface area contributed by atoms with Gasteiger partial charge in [-0.1, -0.05) is 31.5 Å². The minimum atomic E-state index is -0.662. The molecule has 4 nitrogen and oxygen atoms in total. The van der Waals surface area contributed by atoms with Gasteiger partial charge in [0.25, 0.3) is 0 Å². The summed E-state index contributed by atoms with van der Waals surface area (Å²) >= 11 is 0. The first-order valence-electron chi connectivity index (χ1n) is 5.20. The molecule has 4 heteroatoms. The number of hydrogen-bond acceptors (Lipinski definition) is 4. The lowest BCUT2D eigenvalue weighted by Gasteiger charge is -2.02. The van der Waals surface area contributed by atoms with Crippen LogP contribution in [0.3, 0.4) is 0 Å². The Bertz CT molecular complexity index is 345. The lowest BCUT2D eigenvalue weighted by molar-refractivity contribution is -0.234. The molecule has 1 aromatic carbocycles. The van der Waals surface area contributed by atoms with Crippen LogP contribution in [0.1, 0.15) is 36.5 Å². The first-order chi connectivity index (χ1) is 7.74. The minimum absolute atomic E-state index is 0.262. The van der Waals surface area contributed by atoms with E-state index in [1.165, 1.54) is 0 Å². The zero-order valence-corrected chi connectivity index (χ0v) is 9.14. The fraction of sp³-hybridized carbons (Fsp3) is 0.333. The van der Waals surface area contributed by atoms with E-state index < -0.39 is 11.9 Å². The summed E-state index contributed by atoms with van der Waals surface area (Å²) in [6.07, 6.45) is 1.88. The van der Waals surface area contributed by atoms with E-state index in [4.69, 9.17) is 0 Å². The van der Waals surface area contributed by atoms with E-state index >= 15 is 0 Å². The summed E-state index contributed by atoms with van der Waals surface area (Å²) in [5, 5.41) is 0. The molecule has 0 saturated carbocycles. The Morgan fingerprint density at radius 1 is 1.12 bits per heavy atom. The topological polar surface area (TPSA) is 52.6 Å². The van der Waals surface area contributed by atoms with Crippen LogP contribution in [-0.2, 0) is 14.6 Å². The molecule has 0 radical (unpaired) electrons. The van der Waals surface area contributed by atoms with Gasteiger partial charge >= 0.3 is 11.9 Å². The van der Waals surface area contributed by atoms with Crippen LogP contribution in [0.5, 0.6) is 0 Å². The van der Waals surface area contributed by atoms with E-state index in [1.54, 1.807) is 30.3 Å². The fourth-order valence-electron chi connectivity index (χ4n) is 1.07. The maximum atomic E-state index is 11.3. The average molecular weight is 222 g/mol. The molecule has 1 rings (SSSR count). The molecule has 0 aromatic heterocycles. The normalized spacial score (nSPS) is 9.56. The van der Waals surface area contributed by atoms with Crippen molar-refractivity contribution in [2.24, 2.45) is 0 Å². The lowest BCUT2D eigenvalue weighted by atomic mass is 10.2. The SMILES string of the molecule is CCCCC(=O)OOC(=O)c1ccccc1. The molecule has 0 bridgehead atoms. The average Bonchev–Trinajstić information content (AvgIpc) is 2.34. The summed E-state index contributed by atoms with van der Waals surface area (Å²) in [5.74, 6) is -1.18. The Labute approximate surface area is 94.1 Å². The van der Waals surface area contributed by atoms with Crippen LogP contribution in [0.2, 0.25) is 0 Å². The zero-order valence-electron chi connectivity index (χ0n) is 9.14. The van der Waals surface area contributed by atoms with Crippen molar-refractivity contribution in [3.8, 4) is 0 Å². The van der Waals surface area contributed by atoms with Crippen molar-refractivity contribution in [2.45, 2.75) is 26.2 Å². The van der Waals surface area contributed by atoms with Crippen molar-refractivity contribution in [3.05, 3.63) is 35.9 Å². The number of benzene rings is 1. The second-order valence-electron chi connectivity index (χ2n) is 3.30. The van der Waals surface area contributed by atoms with Crippen molar-refractivity contribution in [1.82, 2.24) is 0 Å². The van der Waals surface area contributed by atoms with Crippen LogP contribution < -0.4 is 0 Å². The molecule has 0 fully saturated rings. The van der Waals surface area contributed by atoms with Gasteiger partial charge in [-0.05, 0) is 18.6 Å². The van der Waals surface area contributed by atoms with Gasteiger partial charge in [0.05, 0.1) is 12.0 Å². The number of hydrogen-bond donors (Lipinski definition) is 0. The second kappa shape index (κ2) is 6.61. The van der Waals surface area contributed by atoms with Gasteiger partial charge < -0.3 is 0 Å². The Hall–Kier alpha value is -1.84. The fourth-order valence-corrected chi connectivity index (χ4v) is 1.07. The summed E-state index contributed by atoms with van der Waals surface area (Å²) in [4.78, 5) is 31.1. The third-order valence-electron chi connectivity index (χ3n) is 1.95. The molecule has 0 N–H and O–H groups in total. The molecule has 0 amide bonds. The van der Waals surface area contributed by atoms with Crippen LogP contribution in [0.25, 0.3) is 0 Å². The number of carbonyl (C=O) groups is 2. The van der Waals surface area contributed by atoms with Gasteiger partial charge in [0.15, 0.2) is 0 Å². The summed E-state index contributed by atoms with van der Waals surface area (Å²) in [6.45, 7) is 1.96. The maximum Gasteiger partial charge on any atom is 0.386 e. The number of rotatable bonds is 4. The summed E-state index contributed by atoms with van der Waals surface area (Å²) in [7, 11) is 0. The molecule has 0 aliphatic carbocycles. The number of carbonyl (C=O) groups excluding carboxylic acids is 2. The van der Waals surface area contributed by atoms with Gasteiger partial charge in [0.2, 0.25) is 0 Å². The van der Waals surface area contributed by atoms with E-state index in [-0.39, 0.29) is 6.42 Å². The zero-order chi connectivity index (χ0) is 11.8. The highest BCUT2D eigenvalue weighted by Gasteiger charge is 2.10. The summed E-state index contributed by atoms with van der Waals surface area (Å²) in [5.41, 5.74) is 0.353. The molecule has 0 unspecified atom stereocenters. The standard InChI is InChI=1S/C12H14O4/c1-2-3-9-11(13)15-16-12(14)10-7-5-4-6-8-10/h4-8H,2-3,9H2,1H3. The Morgan fingerprint density at radius 2 is 1.81 bits per heavy atom. The molecule has 0 spiro atoms. The first kappa shape index (κ1) is 12.2. The van der Waals surface area contributed by atoms with E-state index in [0.29, 0.717) is 5.56 Å². The van der Waals surface area contributed by atoms with E-state index in [2.05, 4.69) is 9.78 Å². The van der Waals surface area contributed by atoms with Crippen LogP contribution in [-0.4, -0.2) is 11.9 Å². The Morgan fingerprint density at radius 3 is 2.44 bits per heavy atom. The van der Waals surface area contributed by atoms with Crippen molar-refractivity contribution in [1.29, 1.82) is 0 Å². The lowest BCUT2D eigenvalue weighted by Crippen LogP contribution is -2.11. The summed E-state index contributed by atoms with van der Waals surface area (Å²) < 4.78 is 0. The predicted molar refractivity (Wildman–Crippen MR) is 57.5 cm³/mol. The van der Waals surface area contributed by atoms with Crippen LogP contribution in [0.15, 0.2) is 30.3 Å². The highest BCUT2D eigenvalue weighted by Crippen LogP contribution is 2.03. The van der Waals surface area contributed by atoms with Gasteiger partial charge in [-0.2, -0.15) is 0 Å². The molecule has 1 aromatic rings. The predicted octanol–water partition coefficient (Wildman–Crippen LogP) is 2.49. The molecule has 0 heterocycles. The van der Waals surface area contributed by atoms with Gasteiger partial charge in [0, 0.05) is 0 Å². The van der Waals surface area contributed by atoms with E-state index in [0.717, 1.165) is 12.8 Å². The summed E-state index contributed by atoms with van der Waals surface area (Å²) in [6, 6.07) is 8.36. The highest BCUT2D eigenvalue weighted by atomic mass is 17.2. The Kier molecular flexibility index (Phi) is 5.05. The van der Waals surface area contributed by atoms with Gasteiger partial charge in [-0.25, -0.2) is 19.4 Å². The third kappa shape index (κ3) is 4.13. The van der Waals surface area contributed by atoms with Crippen LogP contribution in [0.4, 0.5) is 0 Å². The van der Waals surface area contributed by atoms with E-state index in [1.807, 2.05) is 6.92 Å². The first-order valence-corrected chi connectivity index (χ1v) is 5.20. The third-order valence-corrected chi connectivity index (χ3v) is 1.95. The Balaban J connectivity index is 2.33. The van der Waals surface area contributed by atoms with E-state index in [9.17, 15) is 9.59 Å². The van der Waals surface area contributed by atoms with Gasteiger partial charge in [-0.15, -0.1) is 0 Å². The molecule has 0 saturated heterocycles. The van der Waals surface area contributed by atoms with Gasteiger partial charge in [0.1, 0.15) is 0 Å². The smallest absolute Gasteiger partial charge is 0.247 e. The molecule has 86 valence electrons. The molecule has 0 aliphatic rings. The molecular formula is C12H14O4. The minimum Gasteiger partial charge on any atom is -0.247 e. The second-order valence-corrected chi connectivity index (χ2v) is 3.30. The van der Waals surface area contributed by atoms with Crippen LogP contribution in [0, 0.1) is 0 Å². The van der Waals surface area contributed by atoms with Crippen molar-refractivity contribution < 1.29 is 19.4 Å². The highest BCUT2D eigenvalue weighted by molar-refractivity contribution is 5.89. The maximum absolute atomic E-state index is 11.3. The van der Waals surface area contributed by atoms with Crippen molar-refractivity contribution >= 4 is 11.9 Å². The molecule has 16 heavy (non-hydrogen) atoms. The van der Waals surface area contributed by atoms with Crippen molar-refractivity contribution in [2.75, 3.05) is 0 Å². The number of unbranched alkanes of at least 4 members (excludes halogenated alkanes) is 1. The molecule has 0 atom stereocenters. The largest absolute Gasteiger partial charge is 0.386 e. The quantitative estimate of drug-likeness (QED) is 0.580. The van der Waals surface area contributed by atoms with Crippen molar-refractivity contribution in [3.63, 3.8) is 0 Å². The van der Waals surface area contributed by atoms with Gasteiger partial charge in [-0.3, -0.25) is 0 Å².